The summed E-state index contributed by atoms with van der Waals surface area (Å²) < 4.78 is 38.5. The normalized spacial score (nSPS) is 12.8. The van der Waals surface area contributed by atoms with Gasteiger partial charge in [0.2, 0.25) is 0 Å². The van der Waals surface area contributed by atoms with Crippen molar-refractivity contribution in [1.29, 1.82) is 0 Å². The average Bonchev–Trinajstić information content (AvgIpc) is 2.78. The van der Waals surface area contributed by atoms with Gasteiger partial charge in [-0.25, -0.2) is 8.42 Å². The van der Waals surface area contributed by atoms with Gasteiger partial charge in [-0.2, -0.15) is 0 Å². The molecule has 0 unspecified atom stereocenters. The minimum absolute atomic E-state index is 0.0785. The molecular weight excluding hydrogens is 404 g/mol. The Labute approximate surface area is 174 Å². The number of carbonyl (C=O) groups excluding carboxylic acids is 1. The molecule has 3 aromatic rings. The van der Waals surface area contributed by atoms with Crippen LogP contribution < -0.4 is 19.5 Å². The van der Waals surface area contributed by atoms with Crippen LogP contribution in [0.4, 0.5) is 5.69 Å². The van der Waals surface area contributed by atoms with Crippen molar-refractivity contribution in [2.75, 3.05) is 17.9 Å². The molecule has 3 aromatic carbocycles. The van der Waals surface area contributed by atoms with E-state index in [2.05, 4.69) is 10.0 Å². The zero-order chi connectivity index (χ0) is 21.0. The Balaban J connectivity index is 1.39. The van der Waals surface area contributed by atoms with Gasteiger partial charge in [-0.1, -0.05) is 24.3 Å². The van der Waals surface area contributed by atoms with E-state index in [1.54, 1.807) is 30.3 Å². The molecule has 1 aliphatic heterocycles. The molecule has 1 amide bonds. The van der Waals surface area contributed by atoms with Crippen LogP contribution in [0, 0.1) is 0 Å². The Morgan fingerprint density at radius 2 is 1.57 bits per heavy atom. The molecule has 1 aliphatic rings. The van der Waals surface area contributed by atoms with Crippen LogP contribution in [0.25, 0.3) is 0 Å². The molecule has 7 nitrogen and oxygen atoms in total. The number of carbonyl (C=O) groups is 1. The number of para-hydroxylation sites is 1. The fraction of sp³-hybridized carbons (Fsp3) is 0.136. The van der Waals surface area contributed by atoms with Crippen LogP contribution in [0.2, 0.25) is 0 Å². The van der Waals surface area contributed by atoms with Crippen molar-refractivity contribution in [3.05, 3.63) is 83.9 Å². The third-order valence-electron chi connectivity index (χ3n) is 4.51. The third kappa shape index (κ3) is 4.55. The van der Waals surface area contributed by atoms with Gasteiger partial charge in [0.1, 0.15) is 13.2 Å². The summed E-state index contributed by atoms with van der Waals surface area (Å²) in [6.07, 6.45) is 0. The van der Waals surface area contributed by atoms with E-state index in [-0.39, 0.29) is 10.8 Å². The summed E-state index contributed by atoms with van der Waals surface area (Å²) in [5.74, 6) is 1.05. The molecule has 0 aliphatic carbocycles. The predicted molar refractivity (Wildman–Crippen MR) is 112 cm³/mol. The number of hydrogen-bond acceptors (Lipinski definition) is 5. The number of anilines is 1. The second kappa shape index (κ2) is 8.46. The smallest absolute Gasteiger partial charge is 0.261 e. The Morgan fingerprint density at radius 3 is 2.30 bits per heavy atom. The molecular formula is C22H20N2O5S. The standard InChI is InChI=1S/C22H20N2O5S/c25-22(23-15-16-6-11-20-21(14-16)29-13-12-28-20)17-7-9-19(10-8-17)30(26,27)24-18-4-2-1-3-5-18/h1-11,14,24H,12-13,15H2,(H,23,25). The molecule has 154 valence electrons. The quantitative estimate of drug-likeness (QED) is 0.634. The lowest BCUT2D eigenvalue weighted by molar-refractivity contribution is 0.0950. The first-order chi connectivity index (χ1) is 14.5. The van der Waals surface area contributed by atoms with Crippen LogP contribution in [0.3, 0.4) is 0 Å². The minimum atomic E-state index is -3.73. The van der Waals surface area contributed by atoms with Crippen molar-refractivity contribution in [3.8, 4) is 11.5 Å². The van der Waals surface area contributed by atoms with Gasteiger partial charge >= 0.3 is 0 Å². The van der Waals surface area contributed by atoms with E-state index in [0.717, 1.165) is 5.56 Å². The van der Waals surface area contributed by atoms with Gasteiger partial charge in [-0.05, 0) is 54.1 Å². The van der Waals surface area contributed by atoms with Crippen LogP contribution in [0.15, 0.2) is 77.7 Å². The van der Waals surface area contributed by atoms with E-state index >= 15 is 0 Å². The van der Waals surface area contributed by atoms with Crippen molar-refractivity contribution in [1.82, 2.24) is 5.32 Å². The molecule has 0 atom stereocenters. The zero-order valence-corrected chi connectivity index (χ0v) is 16.8. The Bertz CT molecular complexity index is 1150. The third-order valence-corrected chi connectivity index (χ3v) is 5.91. The Morgan fingerprint density at radius 1 is 0.867 bits per heavy atom. The van der Waals surface area contributed by atoms with Crippen LogP contribution in [0.1, 0.15) is 15.9 Å². The number of amides is 1. The summed E-state index contributed by atoms with van der Waals surface area (Å²) in [7, 11) is -3.73. The maximum absolute atomic E-state index is 12.5. The molecule has 0 bridgehead atoms. The van der Waals surface area contributed by atoms with E-state index in [1.807, 2.05) is 18.2 Å². The number of nitrogens with one attached hydrogen (secondary N) is 2. The van der Waals surface area contributed by atoms with E-state index in [0.29, 0.717) is 42.5 Å². The predicted octanol–water partition coefficient (Wildman–Crippen LogP) is 3.19. The van der Waals surface area contributed by atoms with Crippen molar-refractivity contribution < 1.29 is 22.7 Å². The fourth-order valence-corrected chi connectivity index (χ4v) is 4.05. The highest BCUT2D eigenvalue weighted by Gasteiger charge is 2.16. The number of benzene rings is 3. The maximum atomic E-state index is 12.5. The van der Waals surface area contributed by atoms with Gasteiger partial charge in [0.05, 0.1) is 4.90 Å². The summed E-state index contributed by atoms with van der Waals surface area (Å²) in [6, 6.07) is 19.9. The lowest BCUT2D eigenvalue weighted by Crippen LogP contribution is -2.23. The number of sulfonamides is 1. The molecule has 4 rings (SSSR count). The van der Waals surface area contributed by atoms with Crippen LogP contribution in [-0.2, 0) is 16.6 Å². The molecule has 1 heterocycles. The molecule has 2 N–H and O–H groups in total. The van der Waals surface area contributed by atoms with Crippen molar-refractivity contribution in [2.45, 2.75) is 11.4 Å². The lowest BCUT2D eigenvalue weighted by atomic mass is 10.1. The monoisotopic (exact) mass is 424 g/mol. The van der Waals surface area contributed by atoms with Gasteiger partial charge in [0.15, 0.2) is 11.5 Å². The summed E-state index contributed by atoms with van der Waals surface area (Å²) in [4.78, 5) is 12.5. The van der Waals surface area contributed by atoms with E-state index in [4.69, 9.17) is 9.47 Å². The summed E-state index contributed by atoms with van der Waals surface area (Å²) >= 11 is 0. The molecule has 8 heteroatoms. The first kappa shape index (κ1) is 19.8. The molecule has 0 aromatic heterocycles. The molecule has 0 saturated carbocycles. The van der Waals surface area contributed by atoms with Gasteiger partial charge < -0.3 is 14.8 Å². The van der Waals surface area contributed by atoms with Gasteiger partial charge in [-0.15, -0.1) is 0 Å². The Hall–Kier alpha value is -3.52. The van der Waals surface area contributed by atoms with E-state index in [9.17, 15) is 13.2 Å². The van der Waals surface area contributed by atoms with Crippen molar-refractivity contribution in [2.24, 2.45) is 0 Å². The largest absolute Gasteiger partial charge is 0.486 e. The van der Waals surface area contributed by atoms with E-state index in [1.165, 1.54) is 24.3 Å². The molecule has 0 spiro atoms. The molecule has 0 radical (unpaired) electrons. The van der Waals surface area contributed by atoms with Crippen molar-refractivity contribution in [3.63, 3.8) is 0 Å². The Kier molecular flexibility index (Phi) is 5.58. The second-order valence-corrected chi connectivity index (χ2v) is 8.34. The summed E-state index contributed by atoms with van der Waals surface area (Å²) in [5.41, 5.74) is 1.71. The zero-order valence-electron chi connectivity index (χ0n) is 16.0. The van der Waals surface area contributed by atoms with Crippen LogP contribution in [-0.4, -0.2) is 27.5 Å². The first-order valence-corrected chi connectivity index (χ1v) is 10.8. The van der Waals surface area contributed by atoms with Gasteiger partial charge in [0.25, 0.3) is 15.9 Å². The average molecular weight is 424 g/mol. The number of hydrogen-bond donors (Lipinski definition) is 2. The second-order valence-electron chi connectivity index (χ2n) is 6.66. The highest BCUT2D eigenvalue weighted by Crippen LogP contribution is 2.30. The first-order valence-electron chi connectivity index (χ1n) is 9.36. The van der Waals surface area contributed by atoms with Crippen LogP contribution in [0.5, 0.6) is 11.5 Å². The SMILES string of the molecule is O=C(NCc1ccc2c(c1)OCCO2)c1ccc(S(=O)(=O)Nc2ccccc2)cc1. The number of ether oxygens (including phenoxy) is 2. The highest BCUT2D eigenvalue weighted by molar-refractivity contribution is 7.92. The van der Waals surface area contributed by atoms with Gasteiger partial charge in [0, 0.05) is 17.8 Å². The minimum Gasteiger partial charge on any atom is -0.486 e. The molecule has 0 fully saturated rings. The number of fused-ring (bicyclic) bond motifs is 1. The van der Waals surface area contributed by atoms with E-state index < -0.39 is 10.0 Å². The molecule has 0 saturated heterocycles. The van der Waals surface area contributed by atoms with Crippen molar-refractivity contribution >= 4 is 21.6 Å². The summed E-state index contributed by atoms with van der Waals surface area (Å²) in [5, 5.41) is 2.82. The maximum Gasteiger partial charge on any atom is 0.261 e. The summed E-state index contributed by atoms with van der Waals surface area (Å²) in [6.45, 7) is 1.33. The highest BCUT2D eigenvalue weighted by atomic mass is 32.2. The number of rotatable bonds is 6. The fourth-order valence-electron chi connectivity index (χ4n) is 2.99. The molecule has 30 heavy (non-hydrogen) atoms. The lowest BCUT2D eigenvalue weighted by Gasteiger charge is -2.19. The topological polar surface area (TPSA) is 93.7 Å². The van der Waals surface area contributed by atoms with Crippen LogP contribution >= 0.6 is 0 Å². The van der Waals surface area contributed by atoms with Gasteiger partial charge in [-0.3, -0.25) is 9.52 Å².